The summed E-state index contributed by atoms with van der Waals surface area (Å²) in [6, 6.07) is 13.3. The summed E-state index contributed by atoms with van der Waals surface area (Å²) in [5.41, 5.74) is 7.94. The Morgan fingerprint density at radius 1 is 1.10 bits per heavy atom. The third-order valence-electron chi connectivity index (χ3n) is 4.53. The van der Waals surface area contributed by atoms with E-state index in [1.165, 1.54) is 19.1 Å². The van der Waals surface area contributed by atoms with Crippen molar-refractivity contribution in [2.24, 2.45) is 0 Å². The largest absolute Gasteiger partial charge is 0.357 e. The van der Waals surface area contributed by atoms with Gasteiger partial charge in [0.2, 0.25) is 11.8 Å². The van der Waals surface area contributed by atoms with Gasteiger partial charge in [0.1, 0.15) is 5.82 Å². The van der Waals surface area contributed by atoms with E-state index >= 15 is 0 Å². The third-order valence-corrected chi connectivity index (χ3v) is 4.78. The van der Waals surface area contributed by atoms with E-state index in [-0.39, 0.29) is 29.2 Å². The SMILES string of the molecule is CC(=O)N1C=Cc2ccccc2[C@@H]1CC(=O)NNC(=S)NCc1ccc(F)cc1. The quantitative estimate of drug-likeness (QED) is 0.532. The molecule has 150 valence electrons. The van der Waals surface area contributed by atoms with Crippen molar-refractivity contribution in [3.8, 4) is 0 Å². The van der Waals surface area contributed by atoms with Crippen molar-refractivity contribution in [3.05, 3.63) is 77.2 Å². The number of hydrogen-bond donors (Lipinski definition) is 3. The maximum Gasteiger partial charge on any atom is 0.240 e. The molecule has 29 heavy (non-hydrogen) atoms. The van der Waals surface area contributed by atoms with Gasteiger partial charge in [-0.25, -0.2) is 4.39 Å². The van der Waals surface area contributed by atoms with Gasteiger partial charge in [-0.2, -0.15) is 0 Å². The van der Waals surface area contributed by atoms with Crippen LogP contribution in [0.25, 0.3) is 6.08 Å². The Hall–Kier alpha value is -3.26. The average molecular weight is 412 g/mol. The number of hydrogen-bond acceptors (Lipinski definition) is 3. The lowest BCUT2D eigenvalue weighted by molar-refractivity contribution is -0.130. The van der Waals surface area contributed by atoms with Crippen LogP contribution in [0.1, 0.15) is 36.1 Å². The molecule has 0 unspecified atom stereocenters. The molecular weight excluding hydrogens is 391 g/mol. The highest BCUT2D eigenvalue weighted by Crippen LogP contribution is 2.32. The van der Waals surface area contributed by atoms with Crippen LogP contribution in [0.5, 0.6) is 0 Å². The fraction of sp³-hybridized carbons (Fsp3) is 0.190. The molecule has 3 rings (SSSR count). The molecular formula is C21H21FN4O2S. The zero-order valence-corrected chi connectivity index (χ0v) is 16.6. The highest BCUT2D eigenvalue weighted by Gasteiger charge is 2.28. The summed E-state index contributed by atoms with van der Waals surface area (Å²) in [6.45, 7) is 1.86. The molecule has 2 amide bonds. The molecule has 1 heterocycles. The van der Waals surface area contributed by atoms with Gasteiger partial charge in [-0.05, 0) is 47.1 Å². The second-order valence-electron chi connectivity index (χ2n) is 6.57. The number of fused-ring (bicyclic) bond motifs is 1. The van der Waals surface area contributed by atoms with E-state index in [1.54, 1.807) is 23.2 Å². The number of nitrogens with zero attached hydrogens (tertiary/aromatic N) is 1. The van der Waals surface area contributed by atoms with Gasteiger partial charge in [-0.1, -0.05) is 36.4 Å². The minimum Gasteiger partial charge on any atom is -0.357 e. The smallest absolute Gasteiger partial charge is 0.240 e. The van der Waals surface area contributed by atoms with Gasteiger partial charge in [-0.15, -0.1) is 0 Å². The van der Waals surface area contributed by atoms with Crippen LogP contribution in [0.15, 0.2) is 54.7 Å². The number of hydrazine groups is 1. The topological polar surface area (TPSA) is 73.5 Å². The number of halogens is 1. The number of amides is 2. The van der Waals surface area contributed by atoms with Crippen molar-refractivity contribution in [1.82, 2.24) is 21.1 Å². The van der Waals surface area contributed by atoms with Crippen LogP contribution in [0, 0.1) is 5.82 Å². The second-order valence-corrected chi connectivity index (χ2v) is 6.98. The van der Waals surface area contributed by atoms with Crippen molar-refractivity contribution >= 4 is 35.2 Å². The number of nitrogens with one attached hydrogen (secondary N) is 3. The van der Waals surface area contributed by atoms with Gasteiger partial charge in [0.15, 0.2) is 5.11 Å². The minimum atomic E-state index is -0.392. The molecule has 2 aromatic rings. The van der Waals surface area contributed by atoms with Crippen molar-refractivity contribution in [1.29, 1.82) is 0 Å². The van der Waals surface area contributed by atoms with Crippen LogP contribution >= 0.6 is 12.2 Å². The lowest BCUT2D eigenvalue weighted by Crippen LogP contribution is -2.47. The monoisotopic (exact) mass is 412 g/mol. The van der Waals surface area contributed by atoms with Gasteiger partial charge in [0, 0.05) is 19.7 Å². The van der Waals surface area contributed by atoms with Crippen molar-refractivity contribution in [3.63, 3.8) is 0 Å². The first-order valence-corrected chi connectivity index (χ1v) is 9.48. The van der Waals surface area contributed by atoms with Gasteiger partial charge < -0.3 is 10.2 Å². The molecule has 0 saturated heterocycles. The van der Waals surface area contributed by atoms with E-state index in [2.05, 4.69) is 16.2 Å². The Morgan fingerprint density at radius 3 is 2.55 bits per heavy atom. The molecule has 0 aromatic heterocycles. The summed E-state index contributed by atoms with van der Waals surface area (Å²) in [7, 11) is 0. The van der Waals surface area contributed by atoms with Crippen molar-refractivity contribution in [2.45, 2.75) is 25.9 Å². The Morgan fingerprint density at radius 2 is 1.83 bits per heavy atom. The molecule has 1 atom stereocenters. The number of rotatable bonds is 4. The normalized spacial score (nSPS) is 14.7. The summed E-state index contributed by atoms with van der Waals surface area (Å²) in [5, 5.41) is 3.16. The summed E-state index contributed by atoms with van der Waals surface area (Å²) in [6.07, 6.45) is 3.64. The number of thiocarbonyl (C=S) groups is 1. The summed E-state index contributed by atoms with van der Waals surface area (Å²) < 4.78 is 12.9. The minimum absolute atomic E-state index is 0.0779. The van der Waals surface area contributed by atoms with Crippen molar-refractivity contribution < 1.29 is 14.0 Å². The molecule has 0 bridgehead atoms. The molecule has 3 N–H and O–H groups in total. The molecule has 6 nitrogen and oxygen atoms in total. The Labute approximate surface area is 173 Å². The standard InChI is InChI=1S/C21H21FN4O2S/c1-14(27)26-11-10-16-4-2-3-5-18(16)19(26)12-20(28)24-25-21(29)23-13-15-6-8-17(22)9-7-15/h2-11,19H,12-13H2,1H3,(H,24,28)(H2,23,25,29)/t19-/m0/s1. The van der Waals surface area contributed by atoms with Crippen LogP contribution in [0.3, 0.4) is 0 Å². The highest BCUT2D eigenvalue weighted by atomic mass is 32.1. The predicted octanol–water partition coefficient (Wildman–Crippen LogP) is 2.79. The van der Waals surface area contributed by atoms with Gasteiger partial charge in [-0.3, -0.25) is 20.4 Å². The molecule has 1 aliphatic heterocycles. The number of carbonyl (C=O) groups is 2. The predicted molar refractivity (Wildman–Crippen MR) is 112 cm³/mol. The number of benzene rings is 2. The first-order chi connectivity index (χ1) is 13.9. The Balaban J connectivity index is 1.53. The second kappa shape index (κ2) is 9.29. The molecule has 0 radical (unpaired) electrons. The zero-order valence-electron chi connectivity index (χ0n) is 15.8. The molecule has 1 aliphatic rings. The van der Waals surface area contributed by atoms with E-state index in [9.17, 15) is 14.0 Å². The fourth-order valence-electron chi connectivity index (χ4n) is 3.10. The number of carbonyl (C=O) groups excluding carboxylic acids is 2. The average Bonchev–Trinajstić information content (AvgIpc) is 2.72. The van der Waals surface area contributed by atoms with Crippen LogP contribution < -0.4 is 16.2 Å². The maximum absolute atomic E-state index is 12.9. The van der Waals surface area contributed by atoms with E-state index in [0.29, 0.717) is 6.54 Å². The molecule has 0 aliphatic carbocycles. The van der Waals surface area contributed by atoms with E-state index < -0.39 is 6.04 Å². The van der Waals surface area contributed by atoms with Crippen LogP contribution in [-0.4, -0.2) is 21.8 Å². The van der Waals surface area contributed by atoms with E-state index in [1.807, 2.05) is 30.3 Å². The molecule has 0 fully saturated rings. The van der Waals surface area contributed by atoms with Crippen LogP contribution in [0.4, 0.5) is 4.39 Å². The summed E-state index contributed by atoms with van der Waals surface area (Å²) in [5.74, 6) is -0.754. The van der Waals surface area contributed by atoms with E-state index in [0.717, 1.165) is 16.7 Å². The summed E-state index contributed by atoms with van der Waals surface area (Å²) in [4.78, 5) is 26.0. The Kier molecular flexibility index (Phi) is 6.56. The van der Waals surface area contributed by atoms with Gasteiger partial charge >= 0.3 is 0 Å². The van der Waals surface area contributed by atoms with E-state index in [4.69, 9.17) is 12.2 Å². The third kappa shape index (κ3) is 5.39. The highest BCUT2D eigenvalue weighted by molar-refractivity contribution is 7.80. The van der Waals surface area contributed by atoms with Crippen molar-refractivity contribution in [2.75, 3.05) is 0 Å². The molecule has 8 heteroatoms. The molecule has 2 aromatic carbocycles. The molecule has 0 saturated carbocycles. The first kappa shape index (κ1) is 20.5. The lowest BCUT2D eigenvalue weighted by Gasteiger charge is -2.32. The van der Waals surface area contributed by atoms with Crippen LogP contribution in [-0.2, 0) is 16.1 Å². The lowest BCUT2D eigenvalue weighted by atomic mass is 9.93. The first-order valence-electron chi connectivity index (χ1n) is 9.07. The molecule has 0 spiro atoms. The van der Waals surface area contributed by atoms with Gasteiger partial charge in [0.05, 0.1) is 12.5 Å². The van der Waals surface area contributed by atoms with Gasteiger partial charge in [0.25, 0.3) is 0 Å². The maximum atomic E-state index is 12.9. The fourth-order valence-corrected chi connectivity index (χ4v) is 3.22. The zero-order chi connectivity index (χ0) is 20.8. The summed E-state index contributed by atoms with van der Waals surface area (Å²) >= 11 is 5.14. The van der Waals surface area contributed by atoms with Crippen LogP contribution in [0.2, 0.25) is 0 Å². The Bertz CT molecular complexity index is 946.